The number of methoxy groups -OCH3 is 1. The van der Waals surface area contributed by atoms with Crippen LogP contribution >= 0.6 is 11.8 Å². The third kappa shape index (κ3) is 3.92. The van der Waals surface area contributed by atoms with Gasteiger partial charge in [0.05, 0.1) is 12.0 Å². The quantitative estimate of drug-likeness (QED) is 0.588. The van der Waals surface area contributed by atoms with Crippen LogP contribution in [0.15, 0.2) is 28.1 Å². The molecule has 0 aliphatic carbocycles. The second-order valence-electron chi connectivity index (χ2n) is 4.82. The molecule has 0 radical (unpaired) electrons. The van der Waals surface area contributed by atoms with Crippen LogP contribution in [0.2, 0.25) is 0 Å². The van der Waals surface area contributed by atoms with Crippen LogP contribution < -0.4 is 9.47 Å². The van der Waals surface area contributed by atoms with Gasteiger partial charge in [0.25, 0.3) is 5.91 Å². The van der Waals surface area contributed by atoms with Crippen molar-refractivity contribution >= 4 is 28.9 Å². The third-order valence-electron chi connectivity index (χ3n) is 3.29. The molecule has 0 unspecified atom stereocenters. The predicted molar refractivity (Wildman–Crippen MR) is 98.3 cm³/mol. The molecular weight excluding hydrogens is 324 g/mol. The van der Waals surface area contributed by atoms with E-state index in [1.54, 1.807) is 18.1 Å². The Morgan fingerprint density at radius 2 is 2.17 bits per heavy atom. The molecule has 126 valence electrons. The van der Waals surface area contributed by atoms with Crippen LogP contribution in [-0.2, 0) is 4.79 Å². The van der Waals surface area contributed by atoms with Crippen LogP contribution in [0.1, 0.15) is 19.4 Å². The SMILES string of the molecule is C#CCOc1ccc(/C=C2/SC(=NCC)N(CC)C2=O)cc1OC. The molecule has 24 heavy (non-hydrogen) atoms. The standard InChI is InChI=1S/C18H20N2O3S/c1-5-10-23-14-9-8-13(11-15(14)22-4)12-16-17(21)20(7-3)18(24-16)19-6-2/h1,8-9,11-12H,6-7,10H2,2-4H3/b16-12+,19-18?. The number of terminal acetylenes is 1. The van der Waals surface area contributed by atoms with Crippen LogP contribution in [0.25, 0.3) is 6.08 Å². The second kappa shape index (κ2) is 8.46. The van der Waals surface area contributed by atoms with Crippen LogP contribution in [-0.4, -0.2) is 42.8 Å². The van der Waals surface area contributed by atoms with Crippen LogP contribution in [0.5, 0.6) is 11.5 Å². The molecule has 6 heteroatoms. The van der Waals surface area contributed by atoms with Crippen molar-refractivity contribution in [3.8, 4) is 23.8 Å². The number of thioether (sulfide) groups is 1. The van der Waals surface area contributed by atoms with E-state index in [2.05, 4.69) is 10.9 Å². The summed E-state index contributed by atoms with van der Waals surface area (Å²) < 4.78 is 10.8. The summed E-state index contributed by atoms with van der Waals surface area (Å²) >= 11 is 1.39. The molecule has 0 N–H and O–H groups in total. The number of hydrogen-bond acceptors (Lipinski definition) is 5. The van der Waals surface area contributed by atoms with Crippen molar-refractivity contribution in [3.63, 3.8) is 0 Å². The highest BCUT2D eigenvalue weighted by Gasteiger charge is 2.31. The molecular formula is C18H20N2O3S. The third-order valence-corrected chi connectivity index (χ3v) is 4.34. The average molecular weight is 344 g/mol. The minimum absolute atomic E-state index is 0.0266. The summed E-state index contributed by atoms with van der Waals surface area (Å²) in [4.78, 5) is 19.2. The minimum atomic E-state index is -0.0266. The highest BCUT2D eigenvalue weighted by molar-refractivity contribution is 8.18. The maximum absolute atomic E-state index is 12.5. The fraction of sp³-hybridized carbons (Fsp3) is 0.333. The highest BCUT2D eigenvalue weighted by atomic mass is 32.2. The number of nitrogens with zero attached hydrogens (tertiary/aromatic N) is 2. The van der Waals surface area contributed by atoms with Crippen molar-refractivity contribution in [1.82, 2.24) is 4.90 Å². The van der Waals surface area contributed by atoms with E-state index in [1.807, 2.05) is 32.1 Å². The van der Waals surface area contributed by atoms with E-state index in [1.165, 1.54) is 11.8 Å². The van der Waals surface area contributed by atoms with Crippen LogP contribution in [0.4, 0.5) is 0 Å². The van der Waals surface area contributed by atoms with Crippen molar-refractivity contribution in [2.75, 3.05) is 26.8 Å². The summed E-state index contributed by atoms with van der Waals surface area (Å²) in [6.45, 7) is 5.31. The van der Waals surface area contributed by atoms with Crippen molar-refractivity contribution < 1.29 is 14.3 Å². The topological polar surface area (TPSA) is 51.1 Å². The summed E-state index contributed by atoms with van der Waals surface area (Å²) in [6.07, 6.45) is 7.04. The molecule has 0 spiro atoms. The van der Waals surface area contributed by atoms with Gasteiger partial charge in [-0.15, -0.1) is 6.42 Å². The number of amides is 1. The van der Waals surface area contributed by atoms with Gasteiger partial charge < -0.3 is 9.47 Å². The second-order valence-corrected chi connectivity index (χ2v) is 5.83. The molecule has 0 atom stereocenters. The van der Waals surface area contributed by atoms with Gasteiger partial charge >= 0.3 is 0 Å². The molecule has 1 aromatic carbocycles. The molecule has 1 aromatic rings. The van der Waals surface area contributed by atoms with Crippen LogP contribution in [0, 0.1) is 12.3 Å². The van der Waals surface area contributed by atoms with E-state index in [0.29, 0.717) is 29.5 Å². The normalized spacial score (nSPS) is 17.4. The first-order chi connectivity index (χ1) is 11.6. The van der Waals surface area contributed by atoms with Gasteiger partial charge in [0.2, 0.25) is 0 Å². The lowest BCUT2D eigenvalue weighted by molar-refractivity contribution is -0.122. The Balaban J connectivity index is 2.29. The Labute approximate surface area is 146 Å². The summed E-state index contributed by atoms with van der Waals surface area (Å²) in [5.41, 5.74) is 0.851. The number of carbonyl (C=O) groups is 1. The van der Waals surface area contributed by atoms with E-state index in [4.69, 9.17) is 15.9 Å². The zero-order valence-electron chi connectivity index (χ0n) is 14.0. The Kier molecular flexibility index (Phi) is 6.33. The lowest BCUT2D eigenvalue weighted by Gasteiger charge is -2.11. The lowest BCUT2D eigenvalue weighted by atomic mass is 10.2. The van der Waals surface area contributed by atoms with Gasteiger partial charge in [0.15, 0.2) is 16.7 Å². The molecule has 1 heterocycles. The molecule has 2 rings (SSSR count). The fourth-order valence-corrected chi connectivity index (χ4v) is 3.31. The molecule has 0 aromatic heterocycles. The number of ether oxygens (including phenoxy) is 2. The van der Waals surface area contributed by atoms with Crippen LogP contribution in [0.3, 0.4) is 0 Å². The van der Waals surface area contributed by atoms with E-state index in [0.717, 1.165) is 10.7 Å². The van der Waals surface area contributed by atoms with E-state index >= 15 is 0 Å². The van der Waals surface area contributed by atoms with Gasteiger partial charge in [-0.25, -0.2) is 0 Å². The Morgan fingerprint density at radius 1 is 1.38 bits per heavy atom. The summed E-state index contributed by atoms with van der Waals surface area (Å²) in [7, 11) is 1.56. The summed E-state index contributed by atoms with van der Waals surface area (Å²) in [5, 5.41) is 0.747. The fourth-order valence-electron chi connectivity index (χ4n) is 2.20. The largest absolute Gasteiger partial charge is 0.493 e. The summed E-state index contributed by atoms with van der Waals surface area (Å²) in [5.74, 6) is 3.54. The first-order valence-corrected chi connectivity index (χ1v) is 8.46. The van der Waals surface area contributed by atoms with E-state index in [9.17, 15) is 4.79 Å². The van der Waals surface area contributed by atoms with E-state index < -0.39 is 0 Å². The average Bonchev–Trinajstić information content (AvgIpc) is 2.88. The molecule has 1 aliphatic heterocycles. The molecule has 1 amide bonds. The maximum atomic E-state index is 12.5. The number of amidine groups is 1. The van der Waals surface area contributed by atoms with Gasteiger partial charge in [-0.3, -0.25) is 14.7 Å². The van der Waals surface area contributed by atoms with Gasteiger partial charge in [-0.2, -0.15) is 0 Å². The number of aliphatic imine (C=N–C) groups is 1. The smallest absolute Gasteiger partial charge is 0.266 e. The first-order valence-electron chi connectivity index (χ1n) is 7.64. The molecule has 5 nitrogen and oxygen atoms in total. The molecule has 0 saturated carbocycles. The van der Waals surface area contributed by atoms with E-state index in [-0.39, 0.29) is 12.5 Å². The first kappa shape index (κ1) is 18.0. The highest BCUT2D eigenvalue weighted by Crippen LogP contribution is 2.34. The van der Waals surface area contributed by atoms with Crippen molar-refractivity contribution in [2.45, 2.75) is 13.8 Å². The Morgan fingerprint density at radius 3 is 2.79 bits per heavy atom. The number of hydrogen-bond donors (Lipinski definition) is 0. The summed E-state index contributed by atoms with van der Waals surface area (Å²) in [6, 6.07) is 5.46. The van der Waals surface area contributed by atoms with Gasteiger partial charge in [-0.05, 0) is 49.4 Å². The number of likely N-dealkylation sites (N-methyl/N-ethyl adjacent to an activating group) is 1. The van der Waals surface area contributed by atoms with Crippen molar-refractivity contribution in [2.24, 2.45) is 4.99 Å². The zero-order valence-corrected chi connectivity index (χ0v) is 14.9. The number of benzene rings is 1. The minimum Gasteiger partial charge on any atom is -0.493 e. The Bertz CT molecular complexity index is 719. The van der Waals surface area contributed by atoms with Gasteiger partial charge in [0.1, 0.15) is 6.61 Å². The van der Waals surface area contributed by atoms with Gasteiger partial charge in [-0.1, -0.05) is 12.0 Å². The Hall–Kier alpha value is -2.39. The number of rotatable bonds is 6. The molecule has 1 saturated heterocycles. The molecule has 1 aliphatic rings. The van der Waals surface area contributed by atoms with Crippen molar-refractivity contribution in [3.05, 3.63) is 28.7 Å². The molecule has 1 fully saturated rings. The predicted octanol–water partition coefficient (Wildman–Crippen LogP) is 3.02. The van der Waals surface area contributed by atoms with Gasteiger partial charge in [0, 0.05) is 13.1 Å². The van der Waals surface area contributed by atoms with Crippen molar-refractivity contribution in [1.29, 1.82) is 0 Å². The monoisotopic (exact) mass is 344 g/mol. The lowest BCUT2D eigenvalue weighted by Crippen LogP contribution is -2.28. The zero-order chi connectivity index (χ0) is 17.5. The molecule has 0 bridgehead atoms. The number of carbonyl (C=O) groups excluding carboxylic acids is 1. The maximum Gasteiger partial charge on any atom is 0.266 e.